The lowest BCUT2D eigenvalue weighted by Gasteiger charge is -2.18. The van der Waals surface area contributed by atoms with E-state index in [0.29, 0.717) is 6.42 Å². The van der Waals surface area contributed by atoms with E-state index in [9.17, 15) is 26.7 Å². The predicted octanol–water partition coefficient (Wildman–Crippen LogP) is 2.87. The SMILES string of the molecule is CCCCC(=O)OC(F)(F)C(F)(F)F. The van der Waals surface area contributed by atoms with Crippen molar-refractivity contribution < 1.29 is 31.5 Å². The van der Waals surface area contributed by atoms with Gasteiger partial charge in [0.25, 0.3) is 0 Å². The van der Waals surface area contributed by atoms with Crippen LogP contribution in [0.1, 0.15) is 26.2 Å². The summed E-state index contributed by atoms with van der Waals surface area (Å²) in [6.45, 7) is 1.66. The maximum atomic E-state index is 12.0. The molecule has 0 aliphatic heterocycles. The second-order valence-electron chi connectivity index (χ2n) is 2.59. The molecule has 0 saturated carbocycles. The quantitative estimate of drug-likeness (QED) is 0.537. The monoisotopic (exact) mass is 220 g/mol. The third-order valence-electron chi connectivity index (χ3n) is 1.31. The molecule has 0 aliphatic carbocycles. The number of ether oxygens (including phenoxy) is 1. The molecule has 2 nitrogen and oxygen atoms in total. The lowest BCUT2D eigenvalue weighted by molar-refractivity contribution is -0.376. The molecule has 0 N–H and O–H groups in total. The Morgan fingerprint density at radius 2 is 1.71 bits per heavy atom. The van der Waals surface area contributed by atoms with Crippen LogP contribution in [0.5, 0.6) is 0 Å². The van der Waals surface area contributed by atoms with Gasteiger partial charge < -0.3 is 4.74 Å². The Hall–Kier alpha value is -0.880. The highest BCUT2D eigenvalue weighted by atomic mass is 19.4. The number of alkyl halides is 5. The van der Waals surface area contributed by atoms with Gasteiger partial charge in [0, 0.05) is 6.42 Å². The molecule has 0 aromatic carbocycles. The molecule has 0 radical (unpaired) electrons. The summed E-state index contributed by atoms with van der Waals surface area (Å²) in [6.07, 6.45) is -11.0. The number of hydrogen-bond donors (Lipinski definition) is 0. The highest BCUT2D eigenvalue weighted by Crippen LogP contribution is 2.36. The molecule has 0 atom stereocenters. The lowest BCUT2D eigenvalue weighted by Crippen LogP contribution is -2.40. The van der Waals surface area contributed by atoms with Crippen LogP contribution >= 0.6 is 0 Å². The van der Waals surface area contributed by atoms with Crippen molar-refractivity contribution in [1.82, 2.24) is 0 Å². The first-order valence-electron chi connectivity index (χ1n) is 3.87. The van der Waals surface area contributed by atoms with E-state index in [1.807, 2.05) is 0 Å². The minimum absolute atomic E-state index is 0.215. The van der Waals surface area contributed by atoms with E-state index < -0.39 is 24.7 Å². The van der Waals surface area contributed by atoms with Crippen molar-refractivity contribution in [3.05, 3.63) is 0 Å². The Morgan fingerprint density at radius 1 is 1.21 bits per heavy atom. The van der Waals surface area contributed by atoms with Crippen molar-refractivity contribution in [1.29, 1.82) is 0 Å². The second kappa shape index (κ2) is 4.56. The number of carbonyl (C=O) groups excluding carboxylic acids is 1. The van der Waals surface area contributed by atoms with Crippen LogP contribution < -0.4 is 0 Å². The van der Waals surface area contributed by atoms with Crippen LogP contribution in [0.3, 0.4) is 0 Å². The fourth-order valence-corrected chi connectivity index (χ4v) is 0.573. The highest BCUT2D eigenvalue weighted by molar-refractivity contribution is 5.69. The van der Waals surface area contributed by atoms with Gasteiger partial charge in [-0.25, -0.2) is 0 Å². The third-order valence-corrected chi connectivity index (χ3v) is 1.31. The fourth-order valence-electron chi connectivity index (χ4n) is 0.573. The molecule has 0 amide bonds. The minimum Gasteiger partial charge on any atom is -0.394 e. The number of hydrogen-bond acceptors (Lipinski definition) is 2. The van der Waals surface area contributed by atoms with E-state index in [1.165, 1.54) is 0 Å². The molecule has 0 rings (SSSR count). The van der Waals surface area contributed by atoms with Crippen LogP contribution in [0, 0.1) is 0 Å². The number of rotatable bonds is 4. The molecule has 0 aromatic heterocycles. The Balaban J connectivity index is 4.16. The Kier molecular flexibility index (Phi) is 4.28. The van der Waals surface area contributed by atoms with Gasteiger partial charge in [0.1, 0.15) is 0 Å². The smallest absolute Gasteiger partial charge is 0.394 e. The summed E-state index contributed by atoms with van der Waals surface area (Å²) >= 11 is 0. The Labute approximate surface area is 77.0 Å². The van der Waals surface area contributed by atoms with Gasteiger partial charge in [0.05, 0.1) is 0 Å². The molecule has 0 heterocycles. The largest absolute Gasteiger partial charge is 0.501 e. The highest BCUT2D eigenvalue weighted by Gasteiger charge is 2.61. The van der Waals surface area contributed by atoms with E-state index in [4.69, 9.17) is 0 Å². The number of halogens is 5. The van der Waals surface area contributed by atoms with Gasteiger partial charge in [0.15, 0.2) is 0 Å². The van der Waals surface area contributed by atoms with Gasteiger partial charge in [-0.2, -0.15) is 22.0 Å². The van der Waals surface area contributed by atoms with Gasteiger partial charge in [-0.15, -0.1) is 0 Å². The van der Waals surface area contributed by atoms with Gasteiger partial charge in [0.2, 0.25) is 0 Å². The first-order valence-corrected chi connectivity index (χ1v) is 3.87. The third kappa shape index (κ3) is 3.89. The summed E-state index contributed by atoms with van der Waals surface area (Å²) in [5.41, 5.74) is 0. The van der Waals surface area contributed by atoms with Gasteiger partial charge in [-0.05, 0) is 6.42 Å². The van der Waals surface area contributed by atoms with Gasteiger partial charge in [-0.3, -0.25) is 4.79 Å². The van der Waals surface area contributed by atoms with Crippen molar-refractivity contribution in [3.8, 4) is 0 Å². The van der Waals surface area contributed by atoms with E-state index in [-0.39, 0.29) is 6.42 Å². The zero-order valence-corrected chi connectivity index (χ0v) is 7.33. The van der Waals surface area contributed by atoms with Crippen molar-refractivity contribution in [2.24, 2.45) is 0 Å². The lowest BCUT2D eigenvalue weighted by atomic mass is 10.2. The zero-order valence-electron chi connectivity index (χ0n) is 7.33. The standard InChI is InChI=1S/C7H9F5O2/c1-2-3-4-5(13)14-7(11,12)6(8,9)10/h2-4H2,1H3. The van der Waals surface area contributed by atoms with Crippen molar-refractivity contribution in [2.45, 2.75) is 38.5 Å². The second-order valence-corrected chi connectivity index (χ2v) is 2.59. The summed E-state index contributed by atoms with van der Waals surface area (Å²) in [5, 5.41) is 0. The van der Waals surface area contributed by atoms with Crippen LogP contribution in [0.4, 0.5) is 22.0 Å². The Morgan fingerprint density at radius 3 is 2.07 bits per heavy atom. The average molecular weight is 220 g/mol. The van der Waals surface area contributed by atoms with Crippen LogP contribution in [0.25, 0.3) is 0 Å². The van der Waals surface area contributed by atoms with Crippen LogP contribution in [-0.4, -0.2) is 18.3 Å². The fraction of sp³-hybridized carbons (Fsp3) is 0.857. The molecule has 0 spiro atoms. The molecule has 0 unspecified atom stereocenters. The van der Waals surface area contributed by atoms with E-state index in [0.717, 1.165) is 0 Å². The van der Waals surface area contributed by atoms with E-state index in [1.54, 1.807) is 6.92 Å². The Bertz CT molecular complexity index is 199. The van der Waals surface area contributed by atoms with Crippen LogP contribution in [-0.2, 0) is 9.53 Å². The van der Waals surface area contributed by atoms with Crippen LogP contribution in [0.2, 0.25) is 0 Å². The summed E-state index contributed by atoms with van der Waals surface area (Å²) < 4.78 is 61.6. The zero-order chi connectivity index (χ0) is 11.4. The van der Waals surface area contributed by atoms with Crippen molar-refractivity contribution >= 4 is 5.97 Å². The maximum Gasteiger partial charge on any atom is 0.501 e. The first kappa shape index (κ1) is 13.1. The summed E-state index contributed by atoms with van der Waals surface area (Å²) in [4.78, 5) is 10.5. The maximum absolute atomic E-state index is 12.0. The normalized spacial score (nSPS) is 12.7. The topological polar surface area (TPSA) is 26.3 Å². The summed E-state index contributed by atoms with van der Waals surface area (Å²) in [5.74, 6) is -1.55. The first-order chi connectivity index (χ1) is 6.20. The van der Waals surface area contributed by atoms with Gasteiger partial charge in [-0.1, -0.05) is 13.3 Å². The predicted molar refractivity (Wildman–Crippen MR) is 36.6 cm³/mol. The molecule has 0 aromatic rings. The van der Waals surface area contributed by atoms with Crippen LogP contribution in [0.15, 0.2) is 0 Å². The van der Waals surface area contributed by atoms with E-state index >= 15 is 0 Å². The molecule has 0 aliphatic rings. The number of unbranched alkanes of at least 4 members (excludes halogenated alkanes) is 1. The molecule has 84 valence electrons. The average Bonchev–Trinajstić information content (AvgIpc) is 1.97. The van der Waals surface area contributed by atoms with Gasteiger partial charge >= 0.3 is 18.3 Å². The molecule has 0 fully saturated rings. The summed E-state index contributed by atoms with van der Waals surface area (Å²) in [6, 6.07) is 0. The molecule has 0 bridgehead atoms. The summed E-state index contributed by atoms with van der Waals surface area (Å²) in [7, 11) is 0. The minimum atomic E-state index is -5.85. The number of carbonyl (C=O) groups is 1. The number of esters is 1. The molecule has 14 heavy (non-hydrogen) atoms. The van der Waals surface area contributed by atoms with Crippen molar-refractivity contribution in [3.63, 3.8) is 0 Å². The van der Waals surface area contributed by atoms with E-state index in [2.05, 4.69) is 4.74 Å². The molecular weight excluding hydrogens is 211 g/mol. The molecule has 7 heteroatoms. The molecular formula is C7H9F5O2. The molecule has 0 saturated heterocycles. The van der Waals surface area contributed by atoms with Crippen molar-refractivity contribution in [2.75, 3.05) is 0 Å².